The fourth-order valence-electron chi connectivity index (χ4n) is 2.54. The second kappa shape index (κ2) is 6.76. The molecule has 3 aromatic rings. The molecule has 8 nitrogen and oxygen atoms in total. The minimum absolute atomic E-state index is 0.157. The van der Waals surface area contributed by atoms with Gasteiger partial charge in [-0.25, -0.2) is 14.8 Å². The SMILES string of the molecule is CCCc1nc2nc[nH]n2c(=O)c1NC(=O)Nc1ccc(C)c(C)c1. The van der Waals surface area contributed by atoms with Gasteiger partial charge >= 0.3 is 6.03 Å². The molecule has 3 rings (SSSR count). The highest BCUT2D eigenvalue weighted by Crippen LogP contribution is 2.15. The molecular weight excluding hydrogens is 320 g/mol. The zero-order valence-electron chi connectivity index (χ0n) is 14.4. The molecule has 130 valence electrons. The minimum Gasteiger partial charge on any atom is -0.308 e. The fourth-order valence-corrected chi connectivity index (χ4v) is 2.54. The Morgan fingerprint density at radius 3 is 2.76 bits per heavy atom. The van der Waals surface area contributed by atoms with Gasteiger partial charge in [-0.1, -0.05) is 19.4 Å². The predicted molar refractivity (Wildman–Crippen MR) is 96.2 cm³/mol. The van der Waals surface area contributed by atoms with Gasteiger partial charge in [0.05, 0.1) is 5.69 Å². The summed E-state index contributed by atoms with van der Waals surface area (Å²) in [5.41, 5.74) is 3.17. The van der Waals surface area contributed by atoms with Gasteiger partial charge in [0.2, 0.25) is 0 Å². The molecule has 0 saturated heterocycles. The van der Waals surface area contributed by atoms with E-state index in [1.165, 1.54) is 10.8 Å². The third-order valence-electron chi connectivity index (χ3n) is 4.00. The first-order valence-electron chi connectivity index (χ1n) is 8.10. The first kappa shape index (κ1) is 16.7. The summed E-state index contributed by atoms with van der Waals surface area (Å²) < 4.78 is 1.20. The molecule has 25 heavy (non-hydrogen) atoms. The van der Waals surface area contributed by atoms with Crippen molar-refractivity contribution < 1.29 is 4.79 Å². The van der Waals surface area contributed by atoms with E-state index in [1.807, 2.05) is 39.0 Å². The largest absolute Gasteiger partial charge is 0.323 e. The lowest BCUT2D eigenvalue weighted by Gasteiger charge is -2.11. The average molecular weight is 340 g/mol. The Hall–Kier alpha value is -3.16. The fraction of sp³-hybridized carbons (Fsp3) is 0.294. The summed E-state index contributed by atoms with van der Waals surface area (Å²) in [6, 6.07) is 5.14. The van der Waals surface area contributed by atoms with Crippen molar-refractivity contribution in [3.63, 3.8) is 0 Å². The number of amides is 2. The molecule has 8 heteroatoms. The van der Waals surface area contributed by atoms with E-state index in [1.54, 1.807) is 0 Å². The van der Waals surface area contributed by atoms with Crippen LogP contribution < -0.4 is 16.2 Å². The molecule has 0 fully saturated rings. The van der Waals surface area contributed by atoms with E-state index < -0.39 is 6.03 Å². The number of carbonyl (C=O) groups excluding carboxylic acids is 1. The summed E-state index contributed by atoms with van der Waals surface area (Å²) in [5.74, 6) is 0.286. The van der Waals surface area contributed by atoms with Gasteiger partial charge in [-0.3, -0.25) is 9.89 Å². The monoisotopic (exact) mass is 340 g/mol. The number of nitrogens with one attached hydrogen (secondary N) is 3. The van der Waals surface area contributed by atoms with Gasteiger partial charge in [-0.2, -0.15) is 4.52 Å². The molecule has 0 aliphatic rings. The molecule has 0 atom stereocenters. The molecule has 1 aromatic carbocycles. The molecule has 0 aliphatic carbocycles. The Balaban J connectivity index is 1.89. The van der Waals surface area contributed by atoms with E-state index >= 15 is 0 Å². The number of hydrogen-bond acceptors (Lipinski definition) is 4. The molecule has 2 heterocycles. The molecule has 0 bridgehead atoms. The number of rotatable bonds is 4. The van der Waals surface area contributed by atoms with Crippen LogP contribution >= 0.6 is 0 Å². The van der Waals surface area contributed by atoms with Crippen molar-refractivity contribution in [1.82, 2.24) is 19.6 Å². The zero-order valence-corrected chi connectivity index (χ0v) is 14.4. The van der Waals surface area contributed by atoms with Gasteiger partial charge in [-0.15, -0.1) is 0 Å². The van der Waals surface area contributed by atoms with Gasteiger partial charge in [0.15, 0.2) is 0 Å². The number of aromatic nitrogens is 4. The Bertz CT molecular complexity index is 988. The van der Waals surface area contributed by atoms with E-state index in [0.29, 0.717) is 17.8 Å². The Kier molecular flexibility index (Phi) is 4.51. The number of anilines is 2. The Morgan fingerprint density at radius 1 is 1.24 bits per heavy atom. The molecule has 0 aliphatic heterocycles. The second-order valence-corrected chi connectivity index (χ2v) is 5.89. The lowest BCUT2D eigenvalue weighted by atomic mass is 10.1. The smallest absolute Gasteiger partial charge is 0.308 e. The third kappa shape index (κ3) is 3.37. The Labute approximate surface area is 144 Å². The van der Waals surface area contributed by atoms with Crippen LogP contribution in [-0.4, -0.2) is 25.6 Å². The van der Waals surface area contributed by atoms with Crippen LogP contribution in [0, 0.1) is 13.8 Å². The van der Waals surface area contributed by atoms with Crippen LogP contribution in [0.5, 0.6) is 0 Å². The van der Waals surface area contributed by atoms with Crippen molar-refractivity contribution in [3.8, 4) is 0 Å². The maximum Gasteiger partial charge on any atom is 0.323 e. The number of nitrogens with zero attached hydrogens (tertiary/aromatic N) is 3. The van der Waals surface area contributed by atoms with Gasteiger partial charge in [-0.05, 0) is 43.5 Å². The van der Waals surface area contributed by atoms with Crippen molar-refractivity contribution in [2.45, 2.75) is 33.6 Å². The van der Waals surface area contributed by atoms with Gasteiger partial charge in [0.1, 0.15) is 12.0 Å². The number of fused-ring (bicyclic) bond motifs is 1. The van der Waals surface area contributed by atoms with E-state index in [0.717, 1.165) is 17.5 Å². The van der Waals surface area contributed by atoms with Crippen LogP contribution in [0.25, 0.3) is 5.78 Å². The number of hydrogen-bond donors (Lipinski definition) is 3. The summed E-state index contributed by atoms with van der Waals surface area (Å²) in [4.78, 5) is 33.3. The summed E-state index contributed by atoms with van der Waals surface area (Å²) in [5, 5.41) is 8.07. The highest BCUT2D eigenvalue weighted by molar-refractivity contribution is 6.00. The van der Waals surface area contributed by atoms with Crippen LogP contribution in [0.2, 0.25) is 0 Å². The van der Waals surface area contributed by atoms with Crippen LogP contribution in [-0.2, 0) is 6.42 Å². The Morgan fingerprint density at radius 2 is 2.04 bits per heavy atom. The molecule has 0 radical (unpaired) electrons. The number of aromatic amines is 1. The summed E-state index contributed by atoms with van der Waals surface area (Å²) in [6.45, 7) is 5.95. The number of urea groups is 1. The van der Waals surface area contributed by atoms with E-state index in [4.69, 9.17) is 0 Å². The first-order valence-corrected chi connectivity index (χ1v) is 8.10. The average Bonchev–Trinajstić information content (AvgIpc) is 3.03. The quantitative estimate of drug-likeness (QED) is 0.679. The van der Waals surface area contributed by atoms with E-state index in [9.17, 15) is 9.59 Å². The van der Waals surface area contributed by atoms with Crippen molar-refractivity contribution in [3.05, 3.63) is 51.7 Å². The van der Waals surface area contributed by atoms with Gasteiger partial charge < -0.3 is 10.6 Å². The van der Waals surface area contributed by atoms with Crippen molar-refractivity contribution >= 4 is 23.2 Å². The maximum absolute atomic E-state index is 12.6. The summed E-state index contributed by atoms with van der Waals surface area (Å²) >= 11 is 0. The lowest BCUT2D eigenvalue weighted by molar-refractivity contribution is 0.262. The number of carbonyl (C=O) groups is 1. The molecule has 2 aromatic heterocycles. The van der Waals surface area contributed by atoms with Crippen molar-refractivity contribution in [2.24, 2.45) is 0 Å². The minimum atomic E-state index is -0.487. The first-order chi connectivity index (χ1) is 12.0. The molecule has 0 spiro atoms. The number of aryl methyl sites for hydroxylation is 3. The van der Waals surface area contributed by atoms with Crippen LogP contribution in [0.3, 0.4) is 0 Å². The van der Waals surface area contributed by atoms with E-state index in [2.05, 4.69) is 25.7 Å². The molecule has 2 amide bonds. The molecule has 0 saturated carbocycles. The lowest BCUT2D eigenvalue weighted by Crippen LogP contribution is -2.28. The highest BCUT2D eigenvalue weighted by Gasteiger charge is 2.16. The van der Waals surface area contributed by atoms with Gasteiger partial charge in [0.25, 0.3) is 11.3 Å². The number of benzene rings is 1. The van der Waals surface area contributed by atoms with Crippen LogP contribution in [0.4, 0.5) is 16.2 Å². The summed E-state index contributed by atoms with van der Waals surface area (Å²) in [7, 11) is 0. The summed E-state index contributed by atoms with van der Waals surface area (Å²) in [6.07, 6.45) is 2.75. The predicted octanol–water partition coefficient (Wildman–Crippen LogP) is 2.63. The third-order valence-corrected chi connectivity index (χ3v) is 4.00. The number of H-pyrrole nitrogens is 1. The topological polar surface area (TPSA) is 104 Å². The van der Waals surface area contributed by atoms with Crippen LogP contribution in [0.15, 0.2) is 29.3 Å². The van der Waals surface area contributed by atoms with Gasteiger partial charge in [0, 0.05) is 5.69 Å². The maximum atomic E-state index is 12.6. The zero-order chi connectivity index (χ0) is 18.0. The second-order valence-electron chi connectivity index (χ2n) is 5.89. The molecular formula is C17H20N6O2. The van der Waals surface area contributed by atoms with E-state index in [-0.39, 0.29) is 17.0 Å². The standard InChI is InChI=1S/C17H20N6O2/c1-4-5-13-14(15(24)23-16(21-13)18-9-19-23)22-17(25)20-12-7-6-10(2)11(3)8-12/h6-9H,4-5H2,1-3H3,(H,18,19,21)(H2,20,22,25). The molecule has 3 N–H and O–H groups in total. The molecule has 0 unspecified atom stereocenters. The van der Waals surface area contributed by atoms with Crippen molar-refractivity contribution in [2.75, 3.05) is 10.6 Å². The van der Waals surface area contributed by atoms with Crippen LogP contribution in [0.1, 0.15) is 30.2 Å². The highest BCUT2D eigenvalue weighted by atomic mass is 16.2. The van der Waals surface area contributed by atoms with Crippen molar-refractivity contribution in [1.29, 1.82) is 0 Å². The normalized spacial score (nSPS) is 10.8.